The van der Waals surface area contributed by atoms with Gasteiger partial charge in [-0.2, -0.15) is 0 Å². The van der Waals surface area contributed by atoms with Crippen LogP contribution >= 0.6 is 0 Å². The third kappa shape index (κ3) is 4.40. The second-order valence-electron chi connectivity index (χ2n) is 3.93. The van der Waals surface area contributed by atoms with E-state index in [0.717, 1.165) is 6.42 Å². The number of carbonyl (C=O) groups excluding carboxylic acids is 1. The molecule has 0 saturated heterocycles. The SMILES string of the molecule is CCC(CCO)CNC(=O)c1cncc(O)c1. The average molecular weight is 238 g/mol. The molecule has 0 radical (unpaired) electrons. The molecule has 1 aromatic heterocycles. The summed E-state index contributed by atoms with van der Waals surface area (Å²) in [7, 11) is 0. The molecule has 0 saturated carbocycles. The molecule has 1 rings (SSSR count). The predicted molar refractivity (Wildman–Crippen MR) is 63.7 cm³/mol. The molecule has 1 unspecified atom stereocenters. The summed E-state index contributed by atoms with van der Waals surface area (Å²) in [6.07, 6.45) is 4.26. The number of pyridine rings is 1. The Labute approximate surface area is 101 Å². The van der Waals surface area contributed by atoms with Gasteiger partial charge >= 0.3 is 0 Å². The summed E-state index contributed by atoms with van der Waals surface area (Å²) in [5.41, 5.74) is 0.337. The van der Waals surface area contributed by atoms with Gasteiger partial charge in [-0.1, -0.05) is 13.3 Å². The molecule has 1 amide bonds. The van der Waals surface area contributed by atoms with Gasteiger partial charge in [0.25, 0.3) is 5.91 Å². The number of nitrogens with zero attached hydrogens (tertiary/aromatic N) is 1. The molecule has 0 fully saturated rings. The Morgan fingerprint density at radius 2 is 2.29 bits per heavy atom. The molecule has 1 atom stereocenters. The summed E-state index contributed by atoms with van der Waals surface area (Å²) in [6, 6.07) is 1.37. The fourth-order valence-corrected chi connectivity index (χ4v) is 1.52. The molecule has 5 nitrogen and oxygen atoms in total. The van der Waals surface area contributed by atoms with E-state index in [4.69, 9.17) is 5.11 Å². The van der Waals surface area contributed by atoms with Gasteiger partial charge in [0.05, 0.1) is 11.8 Å². The number of aliphatic hydroxyl groups is 1. The van der Waals surface area contributed by atoms with Crippen LogP contribution in [-0.4, -0.2) is 34.3 Å². The number of amides is 1. The van der Waals surface area contributed by atoms with Gasteiger partial charge in [-0.15, -0.1) is 0 Å². The number of aromatic nitrogens is 1. The van der Waals surface area contributed by atoms with Gasteiger partial charge < -0.3 is 15.5 Å². The lowest BCUT2D eigenvalue weighted by Gasteiger charge is -2.14. The molecule has 5 heteroatoms. The lowest BCUT2D eigenvalue weighted by Crippen LogP contribution is -2.29. The summed E-state index contributed by atoms with van der Waals surface area (Å²) in [5.74, 6) is -0.0148. The summed E-state index contributed by atoms with van der Waals surface area (Å²) < 4.78 is 0. The molecule has 0 aliphatic rings. The Bertz CT molecular complexity index is 369. The zero-order chi connectivity index (χ0) is 12.7. The first-order chi connectivity index (χ1) is 8.17. The molecule has 0 spiro atoms. The van der Waals surface area contributed by atoms with E-state index in [9.17, 15) is 9.90 Å². The maximum absolute atomic E-state index is 11.7. The van der Waals surface area contributed by atoms with E-state index >= 15 is 0 Å². The predicted octanol–water partition coefficient (Wildman–Crippen LogP) is 0.926. The molecule has 0 aliphatic heterocycles. The van der Waals surface area contributed by atoms with Gasteiger partial charge in [0, 0.05) is 19.3 Å². The van der Waals surface area contributed by atoms with E-state index in [1.54, 1.807) is 0 Å². The minimum atomic E-state index is -0.259. The van der Waals surface area contributed by atoms with Crippen molar-refractivity contribution in [3.05, 3.63) is 24.0 Å². The summed E-state index contributed by atoms with van der Waals surface area (Å²) in [4.78, 5) is 15.4. The van der Waals surface area contributed by atoms with Crippen LogP contribution in [-0.2, 0) is 0 Å². The summed E-state index contributed by atoms with van der Waals surface area (Å²) in [6.45, 7) is 2.66. The smallest absolute Gasteiger partial charge is 0.252 e. The second-order valence-corrected chi connectivity index (χ2v) is 3.93. The Balaban J connectivity index is 2.49. The van der Waals surface area contributed by atoms with Gasteiger partial charge in [0.15, 0.2) is 0 Å². The van der Waals surface area contributed by atoms with Crippen molar-refractivity contribution < 1.29 is 15.0 Å². The van der Waals surface area contributed by atoms with Gasteiger partial charge in [-0.05, 0) is 18.4 Å². The highest BCUT2D eigenvalue weighted by atomic mass is 16.3. The third-order valence-corrected chi connectivity index (χ3v) is 2.65. The van der Waals surface area contributed by atoms with Crippen LogP contribution < -0.4 is 5.32 Å². The quantitative estimate of drug-likeness (QED) is 0.688. The van der Waals surface area contributed by atoms with Crippen molar-refractivity contribution in [3.63, 3.8) is 0 Å². The Morgan fingerprint density at radius 1 is 1.53 bits per heavy atom. The van der Waals surface area contributed by atoms with E-state index in [1.165, 1.54) is 18.5 Å². The fourth-order valence-electron chi connectivity index (χ4n) is 1.52. The van der Waals surface area contributed by atoms with Crippen molar-refractivity contribution in [2.45, 2.75) is 19.8 Å². The van der Waals surface area contributed by atoms with Gasteiger partial charge in [0.2, 0.25) is 0 Å². The van der Waals surface area contributed by atoms with Gasteiger partial charge in [-0.3, -0.25) is 9.78 Å². The van der Waals surface area contributed by atoms with E-state index in [-0.39, 0.29) is 24.2 Å². The molecular weight excluding hydrogens is 220 g/mol. The minimum absolute atomic E-state index is 0.0277. The molecule has 94 valence electrons. The van der Waals surface area contributed by atoms with Crippen LogP contribution in [0.5, 0.6) is 5.75 Å². The van der Waals surface area contributed by atoms with Gasteiger partial charge in [-0.25, -0.2) is 0 Å². The molecule has 1 heterocycles. The largest absolute Gasteiger partial charge is 0.506 e. The maximum Gasteiger partial charge on any atom is 0.252 e. The lowest BCUT2D eigenvalue weighted by atomic mass is 10.0. The van der Waals surface area contributed by atoms with Crippen LogP contribution in [0.1, 0.15) is 30.1 Å². The number of hydrogen-bond donors (Lipinski definition) is 3. The molecule has 0 bridgehead atoms. The maximum atomic E-state index is 11.7. The van der Waals surface area contributed by atoms with Crippen LogP contribution in [0.3, 0.4) is 0 Å². The number of rotatable bonds is 6. The zero-order valence-electron chi connectivity index (χ0n) is 9.89. The van der Waals surface area contributed by atoms with Crippen LogP contribution in [0.15, 0.2) is 18.5 Å². The van der Waals surface area contributed by atoms with Crippen LogP contribution in [0, 0.1) is 5.92 Å². The fraction of sp³-hybridized carbons (Fsp3) is 0.500. The van der Waals surface area contributed by atoms with E-state index in [2.05, 4.69) is 10.3 Å². The standard InChI is InChI=1S/C12H18N2O3/c1-2-9(3-4-15)6-14-12(17)10-5-11(16)8-13-7-10/h5,7-9,15-16H,2-4,6H2,1H3,(H,14,17). The summed E-state index contributed by atoms with van der Waals surface area (Å²) >= 11 is 0. The first kappa shape index (κ1) is 13.4. The molecule has 0 aliphatic carbocycles. The van der Waals surface area contributed by atoms with E-state index in [0.29, 0.717) is 18.5 Å². The van der Waals surface area contributed by atoms with Crippen LogP contribution in [0.4, 0.5) is 0 Å². The topological polar surface area (TPSA) is 82.5 Å². The van der Waals surface area contributed by atoms with E-state index < -0.39 is 0 Å². The minimum Gasteiger partial charge on any atom is -0.506 e. The molecule has 3 N–H and O–H groups in total. The van der Waals surface area contributed by atoms with Crippen LogP contribution in [0.2, 0.25) is 0 Å². The molecule has 0 aromatic carbocycles. The van der Waals surface area contributed by atoms with Gasteiger partial charge in [0.1, 0.15) is 5.75 Å². The number of aliphatic hydroxyl groups excluding tert-OH is 1. The Kier molecular flexibility index (Phi) is 5.42. The summed E-state index contributed by atoms with van der Waals surface area (Å²) in [5, 5.41) is 20.8. The zero-order valence-corrected chi connectivity index (χ0v) is 9.89. The lowest BCUT2D eigenvalue weighted by molar-refractivity contribution is 0.0942. The van der Waals surface area contributed by atoms with Crippen molar-refractivity contribution in [2.75, 3.05) is 13.2 Å². The highest BCUT2D eigenvalue weighted by Gasteiger charge is 2.10. The normalized spacial score (nSPS) is 12.1. The highest BCUT2D eigenvalue weighted by molar-refractivity contribution is 5.94. The monoisotopic (exact) mass is 238 g/mol. The Morgan fingerprint density at radius 3 is 2.88 bits per heavy atom. The average Bonchev–Trinajstić information content (AvgIpc) is 2.34. The van der Waals surface area contributed by atoms with Crippen molar-refractivity contribution in [1.29, 1.82) is 0 Å². The molecule has 17 heavy (non-hydrogen) atoms. The number of nitrogens with one attached hydrogen (secondary N) is 1. The molecule has 1 aromatic rings. The molecular formula is C12H18N2O3. The van der Waals surface area contributed by atoms with Crippen molar-refractivity contribution in [3.8, 4) is 5.75 Å². The Hall–Kier alpha value is -1.62. The second kappa shape index (κ2) is 6.85. The van der Waals surface area contributed by atoms with Crippen LogP contribution in [0.25, 0.3) is 0 Å². The number of carbonyl (C=O) groups is 1. The van der Waals surface area contributed by atoms with Crippen molar-refractivity contribution in [1.82, 2.24) is 10.3 Å². The number of aromatic hydroxyl groups is 1. The first-order valence-corrected chi connectivity index (χ1v) is 5.70. The first-order valence-electron chi connectivity index (χ1n) is 5.70. The highest BCUT2D eigenvalue weighted by Crippen LogP contribution is 2.09. The third-order valence-electron chi connectivity index (χ3n) is 2.65. The van der Waals surface area contributed by atoms with Crippen molar-refractivity contribution in [2.24, 2.45) is 5.92 Å². The van der Waals surface area contributed by atoms with E-state index in [1.807, 2.05) is 6.92 Å². The van der Waals surface area contributed by atoms with Crippen molar-refractivity contribution >= 4 is 5.91 Å². The number of hydrogen-bond acceptors (Lipinski definition) is 4.